The molecule has 4 nitrogen and oxygen atoms in total. The molecule has 4 N–H and O–H groups in total. The molecule has 188 valence electrons. The molecule has 0 saturated heterocycles. The Kier molecular flexibility index (Phi) is 6.62. The topological polar surface area (TPSA) is 77.8 Å². The highest BCUT2D eigenvalue weighted by Gasteiger charge is 2.49. The van der Waals surface area contributed by atoms with Gasteiger partial charge < -0.3 is 11.5 Å². The van der Waals surface area contributed by atoms with Gasteiger partial charge in [-0.1, -0.05) is 36.8 Å². The van der Waals surface area contributed by atoms with Crippen molar-refractivity contribution >= 4 is 0 Å². The van der Waals surface area contributed by atoms with Gasteiger partial charge in [0.15, 0.2) is 0 Å². The van der Waals surface area contributed by atoms with Gasteiger partial charge >= 0.3 is 0 Å². The molecule has 2 heterocycles. The third-order valence-electron chi connectivity index (χ3n) is 8.59. The van der Waals surface area contributed by atoms with Gasteiger partial charge in [0.2, 0.25) is 11.9 Å². The number of nitrogens with zero attached hydrogens (tertiary/aromatic N) is 2. The molecule has 0 aromatic carbocycles. The van der Waals surface area contributed by atoms with Gasteiger partial charge in [0, 0.05) is 21.9 Å². The van der Waals surface area contributed by atoms with E-state index in [-0.39, 0.29) is 21.9 Å². The van der Waals surface area contributed by atoms with Crippen molar-refractivity contribution in [2.75, 3.05) is 0 Å². The van der Waals surface area contributed by atoms with E-state index in [1.165, 1.54) is 12.1 Å². The van der Waals surface area contributed by atoms with Crippen LogP contribution in [0.15, 0.2) is 36.4 Å². The fourth-order valence-corrected chi connectivity index (χ4v) is 6.78. The maximum Gasteiger partial charge on any atom is 0.214 e. The molecule has 0 aliphatic heterocycles. The Bertz CT molecular complexity index is 1160. The van der Waals surface area contributed by atoms with E-state index in [2.05, 4.69) is 33.6 Å². The molecular formula is C30H34F2N4. The monoisotopic (exact) mass is 488 g/mol. The Morgan fingerprint density at radius 2 is 1.06 bits per heavy atom. The van der Waals surface area contributed by atoms with Crippen molar-refractivity contribution in [2.24, 2.45) is 22.3 Å². The molecular weight excluding hydrogens is 454 g/mol. The molecule has 4 fully saturated rings. The second-order valence-corrected chi connectivity index (χ2v) is 11.5. The van der Waals surface area contributed by atoms with Crippen LogP contribution in [0.3, 0.4) is 0 Å². The summed E-state index contributed by atoms with van der Waals surface area (Å²) in [6.45, 7) is 0. The molecule has 4 aliphatic rings. The summed E-state index contributed by atoms with van der Waals surface area (Å²) in [6, 6.07) is 9.47. The van der Waals surface area contributed by atoms with E-state index in [0.29, 0.717) is 11.4 Å². The van der Waals surface area contributed by atoms with E-state index in [1.807, 2.05) is 0 Å². The first-order valence-corrected chi connectivity index (χ1v) is 13.1. The van der Waals surface area contributed by atoms with E-state index in [0.717, 1.165) is 77.0 Å². The highest BCUT2D eigenvalue weighted by atomic mass is 19.1. The number of pyridine rings is 2. The van der Waals surface area contributed by atoms with Crippen LogP contribution in [0, 0.1) is 46.4 Å². The van der Waals surface area contributed by atoms with Crippen LogP contribution < -0.4 is 11.5 Å². The van der Waals surface area contributed by atoms with Crippen molar-refractivity contribution in [1.29, 1.82) is 0 Å². The first kappa shape index (κ1) is 24.9. The average Bonchev–Trinajstić information content (AvgIpc) is 3.24. The van der Waals surface area contributed by atoms with Crippen molar-refractivity contribution in [3.63, 3.8) is 0 Å². The highest BCUT2D eigenvalue weighted by molar-refractivity contribution is 5.33. The van der Waals surface area contributed by atoms with E-state index < -0.39 is 11.9 Å². The van der Waals surface area contributed by atoms with Gasteiger partial charge in [0.1, 0.15) is 11.4 Å². The quantitative estimate of drug-likeness (QED) is 0.392. The van der Waals surface area contributed by atoms with Gasteiger partial charge in [-0.05, 0) is 100 Å². The van der Waals surface area contributed by atoms with Gasteiger partial charge in [-0.15, -0.1) is 0 Å². The fourth-order valence-electron chi connectivity index (χ4n) is 6.78. The van der Waals surface area contributed by atoms with Gasteiger partial charge in [-0.3, -0.25) is 0 Å². The van der Waals surface area contributed by atoms with Gasteiger partial charge in [0.25, 0.3) is 0 Å². The zero-order chi connectivity index (χ0) is 25.3. The first-order chi connectivity index (χ1) is 17.2. The first-order valence-electron chi connectivity index (χ1n) is 13.1. The van der Waals surface area contributed by atoms with E-state index in [4.69, 9.17) is 11.5 Å². The minimum absolute atomic E-state index is 0.00228. The number of hydrogen-bond donors (Lipinski definition) is 2. The molecule has 6 rings (SSSR count). The molecule has 4 saturated carbocycles. The molecule has 4 bridgehead atoms. The lowest BCUT2D eigenvalue weighted by Gasteiger charge is -2.33. The van der Waals surface area contributed by atoms with Crippen LogP contribution in [0.5, 0.6) is 0 Å². The number of rotatable bonds is 0. The van der Waals surface area contributed by atoms with E-state index in [1.54, 1.807) is 24.3 Å². The second kappa shape index (κ2) is 9.58. The molecule has 0 unspecified atom stereocenters. The number of aromatic nitrogens is 2. The largest absolute Gasteiger partial charge is 0.325 e. The zero-order valence-corrected chi connectivity index (χ0v) is 20.8. The van der Waals surface area contributed by atoms with Crippen molar-refractivity contribution in [3.8, 4) is 23.7 Å². The summed E-state index contributed by atoms with van der Waals surface area (Å²) < 4.78 is 26.0. The summed E-state index contributed by atoms with van der Waals surface area (Å²) in [5, 5.41) is 0. The average molecular weight is 489 g/mol. The summed E-state index contributed by atoms with van der Waals surface area (Å²) in [4.78, 5) is 7.56. The van der Waals surface area contributed by atoms with Crippen LogP contribution in [0.4, 0.5) is 8.78 Å². The normalized spacial score (nSPS) is 33.9. The lowest BCUT2D eigenvalue weighted by Crippen LogP contribution is -2.40. The predicted octanol–water partition coefficient (Wildman–Crippen LogP) is 5.25. The molecule has 0 amide bonds. The standard InChI is InChI=1S/2C15H17FN2/c2*16-13-4-1-3-12(18-13)5-8-14-6-2-7-15(17,11-14)10-9-14/h2*1,3-4H,2,6-7,9-11,17H2/t2*14-,15+/m10/s1. The summed E-state index contributed by atoms with van der Waals surface area (Å²) >= 11 is 0. The zero-order valence-electron chi connectivity index (χ0n) is 20.8. The van der Waals surface area contributed by atoms with Gasteiger partial charge in [-0.2, -0.15) is 8.78 Å². The molecule has 6 heteroatoms. The molecule has 4 atom stereocenters. The van der Waals surface area contributed by atoms with Crippen molar-refractivity contribution in [1.82, 2.24) is 9.97 Å². The van der Waals surface area contributed by atoms with Gasteiger partial charge in [0.05, 0.1) is 0 Å². The number of nitrogens with two attached hydrogens (primary N) is 2. The Hall–Kier alpha value is -2.80. The van der Waals surface area contributed by atoms with Gasteiger partial charge in [-0.25, -0.2) is 9.97 Å². The molecule has 0 radical (unpaired) electrons. The second-order valence-electron chi connectivity index (χ2n) is 11.5. The summed E-state index contributed by atoms with van der Waals surface area (Å²) in [5.74, 6) is 11.8. The van der Waals surface area contributed by atoms with Crippen LogP contribution in [-0.2, 0) is 0 Å². The maximum absolute atomic E-state index is 13.0. The van der Waals surface area contributed by atoms with Crippen LogP contribution in [0.1, 0.15) is 88.4 Å². The van der Waals surface area contributed by atoms with Crippen LogP contribution in [-0.4, -0.2) is 21.0 Å². The fraction of sp³-hybridized carbons (Fsp3) is 0.533. The predicted molar refractivity (Wildman–Crippen MR) is 136 cm³/mol. The third kappa shape index (κ3) is 5.61. The van der Waals surface area contributed by atoms with Crippen molar-refractivity contribution < 1.29 is 8.78 Å². The van der Waals surface area contributed by atoms with Crippen molar-refractivity contribution in [3.05, 3.63) is 59.7 Å². The third-order valence-corrected chi connectivity index (χ3v) is 8.59. The lowest BCUT2D eigenvalue weighted by molar-refractivity contribution is 0.256. The van der Waals surface area contributed by atoms with Crippen LogP contribution >= 0.6 is 0 Å². The minimum Gasteiger partial charge on any atom is -0.325 e. The van der Waals surface area contributed by atoms with Crippen LogP contribution in [0.25, 0.3) is 0 Å². The molecule has 2 aromatic heterocycles. The van der Waals surface area contributed by atoms with E-state index >= 15 is 0 Å². The maximum atomic E-state index is 13.0. The Morgan fingerprint density at radius 1 is 0.611 bits per heavy atom. The molecule has 2 aromatic rings. The summed E-state index contributed by atoms with van der Waals surface area (Å²) in [6.07, 6.45) is 13.0. The van der Waals surface area contributed by atoms with E-state index in [9.17, 15) is 8.78 Å². The van der Waals surface area contributed by atoms with Crippen molar-refractivity contribution in [2.45, 2.75) is 88.1 Å². The molecule has 0 spiro atoms. The Morgan fingerprint density at radius 3 is 1.47 bits per heavy atom. The summed E-state index contributed by atoms with van der Waals surface area (Å²) in [5.41, 5.74) is 13.8. The summed E-state index contributed by atoms with van der Waals surface area (Å²) in [7, 11) is 0. The Labute approximate surface area is 212 Å². The SMILES string of the molecule is N[C@@]12CCC[C@@](C#Cc3cccc(F)n3)(CC1)C2.N[C@]12CCC[C@](C#Cc3cccc(F)n3)(CC1)C2. The number of fused-ring (bicyclic) bond motifs is 4. The number of halogens is 2. The lowest BCUT2D eigenvalue weighted by atomic mass is 9.74. The Balaban J connectivity index is 0.000000148. The molecule has 36 heavy (non-hydrogen) atoms. The van der Waals surface area contributed by atoms with Crippen LogP contribution in [0.2, 0.25) is 0 Å². The highest BCUT2D eigenvalue weighted by Crippen LogP contribution is 2.53. The molecule has 4 aliphatic carbocycles. The number of hydrogen-bond acceptors (Lipinski definition) is 4. The minimum atomic E-state index is -0.470. The smallest absolute Gasteiger partial charge is 0.214 e.